The Kier molecular flexibility index (Phi) is 4.91. The van der Waals surface area contributed by atoms with Crippen molar-refractivity contribution in [1.29, 1.82) is 10.5 Å². The number of fused-ring (bicyclic) bond motifs is 2. The van der Waals surface area contributed by atoms with E-state index < -0.39 is 5.92 Å². The number of halogens is 1. The lowest BCUT2D eigenvalue weighted by Gasteiger charge is -2.39. The molecular weight excluding hydrogens is 518 g/mol. The summed E-state index contributed by atoms with van der Waals surface area (Å²) in [6.07, 6.45) is 4.04. The van der Waals surface area contributed by atoms with Gasteiger partial charge in [0, 0.05) is 51.1 Å². The number of nitriles is 2. The Bertz CT molecular complexity index is 1350. The van der Waals surface area contributed by atoms with E-state index in [2.05, 4.69) is 33.0 Å². The summed E-state index contributed by atoms with van der Waals surface area (Å²) in [6.45, 7) is 2.03. The Morgan fingerprint density at radius 3 is 2.61 bits per heavy atom. The summed E-state index contributed by atoms with van der Waals surface area (Å²) in [4.78, 5) is 18.5. The molecule has 2 N–H and O–H groups in total. The molecule has 1 fully saturated rings. The summed E-state index contributed by atoms with van der Waals surface area (Å²) >= 11 is 6.61. The van der Waals surface area contributed by atoms with E-state index in [1.807, 2.05) is 16.3 Å². The Labute approximate surface area is 208 Å². The van der Waals surface area contributed by atoms with Gasteiger partial charge in [-0.15, -0.1) is 11.3 Å². The molecule has 2 aromatic rings. The summed E-state index contributed by atoms with van der Waals surface area (Å²) < 4.78 is 0.924. The van der Waals surface area contributed by atoms with Crippen LogP contribution in [-0.2, 0) is 4.79 Å². The second-order valence-electron chi connectivity index (χ2n) is 8.86. The van der Waals surface area contributed by atoms with Gasteiger partial charge in [0.05, 0.1) is 28.1 Å². The maximum Gasteiger partial charge on any atom is 0.161 e. The van der Waals surface area contributed by atoms with Gasteiger partial charge in [-0.1, -0.05) is 11.3 Å². The van der Waals surface area contributed by atoms with Crippen molar-refractivity contribution in [1.82, 2.24) is 0 Å². The molecule has 0 amide bonds. The molecule has 6 nitrogen and oxygen atoms in total. The molecule has 9 heteroatoms. The first-order chi connectivity index (χ1) is 16.0. The molecule has 1 unspecified atom stereocenters. The fourth-order valence-electron chi connectivity index (χ4n) is 5.75. The lowest BCUT2D eigenvalue weighted by Crippen LogP contribution is -2.38. The molecule has 33 heavy (non-hydrogen) atoms. The molecule has 4 aliphatic heterocycles. The molecule has 166 valence electrons. The lowest BCUT2D eigenvalue weighted by molar-refractivity contribution is -0.116. The highest BCUT2D eigenvalue weighted by Crippen LogP contribution is 2.56. The van der Waals surface area contributed by atoms with Crippen LogP contribution in [0.2, 0.25) is 0 Å². The summed E-state index contributed by atoms with van der Waals surface area (Å²) in [6, 6.07) is 6.75. The average molecular weight is 538 g/mol. The van der Waals surface area contributed by atoms with Crippen LogP contribution in [0, 0.1) is 22.7 Å². The van der Waals surface area contributed by atoms with Crippen molar-refractivity contribution in [3.63, 3.8) is 0 Å². The number of nitrogens with zero attached hydrogens (tertiary/aromatic N) is 4. The molecular formula is C24H20BrN5OS2. The van der Waals surface area contributed by atoms with Crippen molar-refractivity contribution in [2.45, 2.75) is 43.9 Å². The Balaban J connectivity index is 1.60. The van der Waals surface area contributed by atoms with Gasteiger partial charge in [0.25, 0.3) is 0 Å². The van der Waals surface area contributed by atoms with E-state index in [1.54, 1.807) is 11.3 Å². The molecule has 0 aromatic carbocycles. The average Bonchev–Trinajstić information content (AvgIpc) is 3.43. The van der Waals surface area contributed by atoms with Gasteiger partial charge in [-0.25, -0.2) is 0 Å². The predicted molar refractivity (Wildman–Crippen MR) is 133 cm³/mol. The first-order valence-corrected chi connectivity index (χ1v) is 13.5. The molecule has 1 atom stereocenters. The van der Waals surface area contributed by atoms with Crippen LogP contribution in [0.3, 0.4) is 0 Å². The number of nitrogens with two attached hydrogens (primary N) is 1. The third-order valence-electron chi connectivity index (χ3n) is 7.20. The Morgan fingerprint density at radius 2 is 1.94 bits per heavy atom. The Hall–Kier alpha value is -2.59. The summed E-state index contributed by atoms with van der Waals surface area (Å²) in [5.74, 6) is 0.357. The highest BCUT2D eigenvalue weighted by molar-refractivity contribution is 9.10. The second-order valence-corrected chi connectivity index (χ2v) is 11.7. The van der Waals surface area contributed by atoms with E-state index in [-0.39, 0.29) is 5.78 Å². The van der Waals surface area contributed by atoms with Crippen molar-refractivity contribution >= 4 is 54.4 Å². The first kappa shape index (κ1) is 21.0. The van der Waals surface area contributed by atoms with Crippen LogP contribution in [0.1, 0.15) is 59.9 Å². The number of rotatable bonds is 2. The van der Waals surface area contributed by atoms with Gasteiger partial charge in [-0.2, -0.15) is 10.5 Å². The SMILES string of the molecule is N#CC1=C(N)N(c2sc3c(c2C#N)C2CCN3CC2)C2=C(C(=O)CCC2)C1c1cc(Br)cs1. The molecule has 1 aliphatic carbocycles. The van der Waals surface area contributed by atoms with Crippen LogP contribution in [-0.4, -0.2) is 18.9 Å². The van der Waals surface area contributed by atoms with Crippen LogP contribution in [0.4, 0.5) is 10.0 Å². The molecule has 0 radical (unpaired) electrons. The van der Waals surface area contributed by atoms with Gasteiger partial charge < -0.3 is 10.6 Å². The van der Waals surface area contributed by atoms with Crippen LogP contribution >= 0.6 is 38.6 Å². The summed E-state index contributed by atoms with van der Waals surface area (Å²) in [7, 11) is 0. The van der Waals surface area contributed by atoms with Gasteiger partial charge >= 0.3 is 0 Å². The monoisotopic (exact) mass is 537 g/mol. The van der Waals surface area contributed by atoms with Crippen molar-refractivity contribution in [2.75, 3.05) is 22.9 Å². The van der Waals surface area contributed by atoms with Gasteiger partial charge in [-0.3, -0.25) is 9.69 Å². The minimum absolute atomic E-state index is 0.0691. The maximum absolute atomic E-state index is 13.3. The van der Waals surface area contributed by atoms with Gasteiger partial charge in [0.1, 0.15) is 16.9 Å². The van der Waals surface area contributed by atoms with Crippen LogP contribution in [0.15, 0.2) is 38.6 Å². The van der Waals surface area contributed by atoms with E-state index >= 15 is 0 Å². The molecule has 2 aromatic heterocycles. The quantitative estimate of drug-likeness (QED) is 0.547. The normalized spacial score (nSPS) is 22.4. The van der Waals surface area contributed by atoms with Crippen molar-refractivity contribution < 1.29 is 4.79 Å². The zero-order valence-electron chi connectivity index (χ0n) is 17.7. The zero-order chi connectivity index (χ0) is 22.9. The number of ketones is 1. The van der Waals surface area contributed by atoms with Crippen molar-refractivity contribution in [3.8, 4) is 12.1 Å². The standard InChI is InChI=1S/C24H20BrN5OS2/c25-13-8-18(32-11-13)20-14(9-26)22(28)30(16-2-1-3-17(31)21(16)20)23-15(10-27)19-12-4-6-29(7-5-12)24(19)33-23/h8,11-12,20H,1-7,28H2. The third-order valence-corrected chi connectivity index (χ3v) is 10.2. The minimum atomic E-state index is -0.453. The molecule has 1 saturated heterocycles. The van der Waals surface area contributed by atoms with E-state index in [4.69, 9.17) is 5.73 Å². The number of carbonyl (C=O) groups is 1. The lowest BCUT2D eigenvalue weighted by atomic mass is 9.78. The number of thiophene rings is 2. The third kappa shape index (κ3) is 2.96. The predicted octanol–water partition coefficient (Wildman–Crippen LogP) is 5.45. The highest BCUT2D eigenvalue weighted by Gasteiger charge is 2.44. The molecule has 5 aliphatic rings. The fourth-order valence-corrected chi connectivity index (χ4v) is 8.75. The van der Waals surface area contributed by atoms with Gasteiger partial charge in [0.2, 0.25) is 0 Å². The summed E-state index contributed by atoms with van der Waals surface area (Å²) in [5, 5.41) is 24.3. The molecule has 7 rings (SSSR count). The number of hydrogen-bond donors (Lipinski definition) is 1. The minimum Gasteiger partial charge on any atom is -0.384 e. The highest BCUT2D eigenvalue weighted by atomic mass is 79.9. The Morgan fingerprint density at radius 1 is 1.15 bits per heavy atom. The van der Waals surface area contributed by atoms with Gasteiger partial charge in [0.15, 0.2) is 5.78 Å². The van der Waals surface area contributed by atoms with E-state index in [1.165, 1.54) is 11.3 Å². The first-order valence-electron chi connectivity index (χ1n) is 11.0. The van der Waals surface area contributed by atoms with E-state index in [0.29, 0.717) is 41.3 Å². The fraction of sp³-hybridized carbons (Fsp3) is 0.375. The molecule has 0 spiro atoms. The van der Waals surface area contributed by atoms with Gasteiger partial charge in [-0.05, 0) is 53.6 Å². The maximum atomic E-state index is 13.3. The van der Waals surface area contributed by atoms with Crippen LogP contribution < -0.4 is 15.5 Å². The number of Topliss-reactive ketones (excluding diaryl/α,β-unsaturated/α-hetero) is 1. The van der Waals surface area contributed by atoms with Crippen LogP contribution in [0.25, 0.3) is 0 Å². The largest absolute Gasteiger partial charge is 0.384 e. The molecule has 0 saturated carbocycles. The van der Waals surface area contributed by atoms with Crippen LogP contribution in [0.5, 0.6) is 0 Å². The zero-order valence-corrected chi connectivity index (χ0v) is 20.9. The smallest absolute Gasteiger partial charge is 0.161 e. The van der Waals surface area contributed by atoms with Crippen molar-refractivity contribution in [2.24, 2.45) is 5.73 Å². The number of anilines is 2. The summed E-state index contributed by atoms with van der Waals surface area (Å²) in [5.41, 5.74) is 10.4. The number of allylic oxidation sites excluding steroid dienone is 3. The van der Waals surface area contributed by atoms with Crippen molar-refractivity contribution in [3.05, 3.63) is 54.6 Å². The molecule has 6 heterocycles. The van der Waals surface area contributed by atoms with E-state index in [0.717, 1.165) is 63.0 Å². The number of hydrogen-bond acceptors (Lipinski definition) is 8. The number of carbonyl (C=O) groups excluding carboxylic acids is 1. The number of piperidine rings is 1. The van der Waals surface area contributed by atoms with E-state index in [9.17, 15) is 15.3 Å². The molecule has 2 bridgehead atoms. The second kappa shape index (κ2) is 7.73. The topological polar surface area (TPSA) is 97.2 Å².